The first-order valence-corrected chi connectivity index (χ1v) is 23.2. The zero-order valence-corrected chi connectivity index (χ0v) is 39.6. The van der Waals surface area contributed by atoms with Gasteiger partial charge in [-0.15, -0.1) is 0 Å². The highest BCUT2D eigenvalue weighted by Crippen LogP contribution is 2.38. The quantitative estimate of drug-likeness (QED) is 0.0453. The number of esters is 4. The summed E-state index contributed by atoms with van der Waals surface area (Å²) in [5, 5.41) is 0. The monoisotopic (exact) mass is 954 g/mol. The fraction of sp³-hybridized carbons (Fsp3) is 0.357. The van der Waals surface area contributed by atoms with Crippen LogP contribution in [0.1, 0.15) is 67.2 Å². The highest BCUT2D eigenvalue weighted by atomic mass is 16.7. The smallest absolute Gasteiger partial charge is 0.303 e. The summed E-state index contributed by atoms with van der Waals surface area (Å²) in [7, 11) is 0. The Labute approximate surface area is 408 Å². The Morgan fingerprint density at radius 2 is 0.929 bits per heavy atom. The van der Waals surface area contributed by atoms with Crippen molar-refractivity contribution in [3.05, 3.63) is 179 Å². The summed E-state index contributed by atoms with van der Waals surface area (Å²) < 4.78 is 62.7. The maximum Gasteiger partial charge on any atom is 0.303 e. The van der Waals surface area contributed by atoms with Gasteiger partial charge in [0.05, 0.1) is 33.0 Å². The minimum absolute atomic E-state index is 0.140. The Morgan fingerprint density at radius 1 is 0.457 bits per heavy atom. The van der Waals surface area contributed by atoms with E-state index < -0.39 is 84.9 Å². The molecular weight excluding hydrogens is 897 g/mol. The van der Waals surface area contributed by atoms with E-state index in [9.17, 15) is 19.2 Å². The minimum atomic E-state index is -1.34. The maximum atomic E-state index is 12.6. The number of benzene rings is 5. The molecule has 2 aliphatic heterocycles. The minimum Gasteiger partial charge on any atom is -0.463 e. The van der Waals surface area contributed by atoms with E-state index in [1.54, 1.807) is 24.3 Å². The van der Waals surface area contributed by atoms with Crippen molar-refractivity contribution in [2.24, 2.45) is 0 Å². The van der Waals surface area contributed by atoms with Gasteiger partial charge < -0.3 is 47.4 Å². The Bertz CT molecular complexity index is 2510. The number of hydrogen-bond donors (Lipinski definition) is 0. The van der Waals surface area contributed by atoms with Crippen molar-refractivity contribution in [2.75, 3.05) is 13.2 Å². The third-order valence-corrected chi connectivity index (χ3v) is 11.4. The molecule has 366 valence electrons. The molecule has 2 heterocycles. The number of carbonyl (C=O) groups is 4. The van der Waals surface area contributed by atoms with E-state index in [1.165, 1.54) is 27.7 Å². The molecule has 3 unspecified atom stereocenters. The summed E-state index contributed by atoms with van der Waals surface area (Å²) in [6.07, 6.45) is -9.93. The van der Waals surface area contributed by atoms with Gasteiger partial charge in [0, 0.05) is 33.3 Å². The molecule has 5 aromatic rings. The molecule has 2 saturated heterocycles. The number of hydrogen-bond acceptors (Lipinski definition) is 14. The van der Waals surface area contributed by atoms with Crippen LogP contribution in [0.25, 0.3) is 0 Å². The standard InChI is InChI=1S/C56H58O14/c1-37(57)62-36-49-53(66-38(2)58)56(68-40(4)60)55(67-39(3)59)50(70-49)46-27-17-26-41(30-46)28-29-47-51(63-32-43-20-11-6-12-21-43)54(65-34-45-24-15-8-16-25-45)52(64-33-44-22-13-7-14-23-44)48(69-47)35-61-31-42-18-9-5-10-19-42/h5-27,30,47-56H,31-36H2,1-4H3/t47-,48?,49?,50-,51?,52-,53-,54-,55-,56+/m1/s1. The zero-order valence-electron chi connectivity index (χ0n) is 39.6. The van der Waals surface area contributed by atoms with E-state index >= 15 is 0 Å². The largest absolute Gasteiger partial charge is 0.463 e. The van der Waals surface area contributed by atoms with E-state index in [2.05, 4.69) is 11.8 Å². The average Bonchev–Trinajstić information content (AvgIpc) is 3.35. The molecule has 14 heteroatoms. The van der Waals surface area contributed by atoms with E-state index in [0.717, 1.165) is 22.3 Å². The van der Waals surface area contributed by atoms with Crippen LogP contribution in [0.15, 0.2) is 146 Å². The lowest BCUT2D eigenvalue weighted by Crippen LogP contribution is -2.60. The lowest BCUT2D eigenvalue weighted by atomic mass is 9.89. The second-order valence-corrected chi connectivity index (χ2v) is 16.9. The highest BCUT2D eigenvalue weighted by molar-refractivity contribution is 5.69. The van der Waals surface area contributed by atoms with Crippen molar-refractivity contribution in [1.29, 1.82) is 0 Å². The van der Waals surface area contributed by atoms with Gasteiger partial charge in [0.15, 0.2) is 18.3 Å². The first-order chi connectivity index (χ1) is 34.0. The van der Waals surface area contributed by atoms with Crippen LogP contribution < -0.4 is 0 Å². The Kier molecular flexibility index (Phi) is 18.8. The van der Waals surface area contributed by atoms with Crippen LogP contribution in [-0.4, -0.2) is 92.0 Å². The van der Waals surface area contributed by atoms with Crippen LogP contribution in [0.3, 0.4) is 0 Å². The highest BCUT2D eigenvalue weighted by Gasteiger charge is 2.53. The van der Waals surface area contributed by atoms with Crippen LogP contribution in [0.2, 0.25) is 0 Å². The van der Waals surface area contributed by atoms with E-state index in [-0.39, 0.29) is 33.0 Å². The second kappa shape index (κ2) is 25.8. The van der Waals surface area contributed by atoms with E-state index in [4.69, 9.17) is 47.4 Å². The van der Waals surface area contributed by atoms with Crippen LogP contribution in [0, 0.1) is 11.8 Å². The Morgan fingerprint density at radius 3 is 1.46 bits per heavy atom. The molecule has 0 radical (unpaired) electrons. The summed E-state index contributed by atoms with van der Waals surface area (Å²) in [5.41, 5.74) is 4.83. The van der Waals surface area contributed by atoms with Crippen LogP contribution in [0.4, 0.5) is 0 Å². The van der Waals surface area contributed by atoms with Gasteiger partial charge in [-0.2, -0.15) is 0 Å². The SMILES string of the molecule is CC(=O)OCC1O[C@H](c2cccc(C#C[C@H]3OC(COCc4ccccc4)[C@@H](OCc4ccccc4)[C@H](OCc4ccccc4)C3OCc3ccccc3)c2)[C@@H](OC(C)=O)[C@@H](OC(C)=O)[C@@H]1OC(C)=O. The van der Waals surface area contributed by atoms with E-state index in [0.29, 0.717) is 17.7 Å². The van der Waals surface area contributed by atoms with Crippen LogP contribution in [-0.2, 0) is 93.0 Å². The van der Waals surface area contributed by atoms with Crippen LogP contribution >= 0.6 is 0 Å². The molecule has 0 amide bonds. The first-order valence-electron chi connectivity index (χ1n) is 23.2. The molecule has 0 saturated carbocycles. The van der Waals surface area contributed by atoms with Crippen molar-refractivity contribution in [1.82, 2.24) is 0 Å². The van der Waals surface area contributed by atoms with Gasteiger partial charge >= 0.3 is 23.9 Å². The molecule has 0 aliphatic carbocycles. The van der Waals surface area contributed by atoms with Gasteiger partial charge in [0.25, 0.3) is 0 Å². The molecule has 0 bridgehead atoms. The third kappa shape index (κ3) is 14.9. The van der Waals surface area contributed by atoms with Gasteiger partial charge in [-0.05, 0) is 39.9 Å². The Hall–Kier alpha value is -6.70. The predicted octanol–water partition coefficient (Wildman–Crippen LogP) is 7.58. The summed E-state index contributed by atoms with van der Waals surface area (Å²) in [6, 6.07) is 46.4. The lowest BCUT2D eigenvalue weighted by Gasteiger charge is -2.45. The molecule has 0 N–H and O–H groups in total. The average molecular weight is 955 g/mol. The number of rotatable bonds is 19. The summed E-state index contributed by atoms with van der Waals surface area (Å²) >= 11 is 0. The molecule has 14 nitrogen and oxygen atoms in total. The van der Waals surface area contributed by atoms with Crippen molar-refractivity contribution in [3.8, 4) is 11.8 Å². The van der Waals surface area contributed by atoms with Gasteiger partial charge in [-0.3, -0.25) is 19.2 Å². The van der Waals surface area contributed by atoms with Gasteiger partial charge in [0.2, 0.25) is 0 Å². The van der Waals surface area contributed by atoms with Crippen molar-refractivity contribution in [2.45, 2.75) is 115 Å². The molecule has 5 aromatic carbocycles. The number of ether oxygens (including phenoxy) is 10. The van der Waals surface area contributed by atoms with Crippen LogP contribution in [0.5, 0.6) is 0 Å². The Balaban J connectivity index is 1.26. The normalized spacial score (nSPS) is 24.0. The summed E-state index contributed by atoms with van der Waals surface area (Å²) in [5.74, 6) is 3.88. The molecule has 10 atom stereocenters. The zero-order chi connectivity index (χ0) is 49.2. The second-order valence-electron chi connectivity index (χ2n) is 16.9. The van der Waals surface area contributed by atoms with Gasteiger partial charge in [-0.1, -0.05) is 145 Å². The van der Waals surface area contributed by atoms with E-state index in [1.807, 2.05) is 121 Å². The molecule has 2 aliphatic rings. The number of carbonyl (C=O) groups excluding carboxylic acids is 4. The fourth-order valence-corrected chi connectivity index (χ4v) is 8.35. The third-order valence-electron chi connectivity index (χ3n) is 11.4. The van der Waals surface area contributed by atoms with Crippen molar-refractivity contribution >= 4 is 23.9 Å². The molecule has 70 heavy (non-hydrogen) atoms. The van der Waals surface area contributed by atoms with Crippen molar-refractivity contribution < 1.29 is 66.5 Å². The van der Waals surface area contributed by atoms with Gasteiger partial charge in [0.1, 0.15) is 49.3 Å². The summed E-state index contributed by atoms with van der Waals surface area (Å²) in [6.45, 7) is 5.61. The topological polar surface area (TPSA) is 161 Å². The molecule has 0 spiro atoms. The summed E-state index contributed by atoms with van der Waals surface area (Å²) in [4.78, 5) is 49.5. The maximum absolute atomic E-state index is 12.6. The van der Waals surface area contributed by atoms with Gasteiger partial charge in [-0.25, -0.2) is 0 Å². The predicted molar refractivity (Wildman–Crippen MR) is 254 cm³/mol. The molecule has 7 rings (SSSR count). The molecular formula is C56H58O14. The lowest BCUT2D eigenvalue weighted by molar-refractivity contribution is -0.261. The first kappa shape index (κ1) is 51.2. The fourth-order valence-electron chi connectivity index (χ4n) is 8.35. The molecule has 0 aromatic heterocycles. The molecule has 2 fully saturated rings. The van der Waals surface area contributed by atoms with Crippen molar-refractivity contribution in [3.63, 3.8) is 0 Å².